The maximum Gasteiger partial charge on any atom is 0.322 e. The van der Waals surface area contributed by atoms with Gasteiger partial charge in [-0.1, -0.05) is 30.3 Å². The van der Waals surface area contributed by atoms with Crippen LogP contribution in [0.2, 0.25) is 0 Å². The highest BCUT2D eigenvalue weighted by molar-refractivity contribution is 5.90. The van der Waals surface area contributed by atoms with Gasteiger partial charge in [0.05, 0.1) is 6.04 Å². The number of aromatic nitrogens is 1. The second-order valence-corrected chi connectivity index (χ2v) is 6.06. The number of aryl methyl sites for hydroxylation is 2. The molecule has 0 radical (unpaired) electrons. The Labute approximate surface area is 136 Å². The predicted molar refractivity (Wildman–Crippen MR) is 89.4 cm³/mol. The van der Waals surface area contributed by atoms with Crippen molar-refractivity contribution in [3.8, 4) is 0 Å². The highest BCUT2D eigenvalue weighted by Crippen LogP contribution is 2.32. The Hall–Kier alpha value is -2.30. The Bertz CT molecular complexity index is 680. The van der Waals surface area contributed by atoms with Gasteiger partial charge in [-0.15, -0.1) is 0 Å². The van der Waals surface area contributed by atoms with Gasteiger partial charge in [-0.3, -0.25) is 0 Å². The molecular formula is C18H23N3O2. The molecule has 1 aliphatic rings. The topological polar surface area (TPSA) is 58.4 Å². The lowest BCUT2D eigenvalue weighted by molar-refractivity contribution is 0.204. The van der Waals surface area contributed by atoms with E-state index in [0.29, 0.717) is 0 Å². The molecule has 1 fully saturated rings. The minimum Gasteiger partial charge on any atom is -0.361 e. The number of rotatable bonds is 4. The number of para-hydroxylation sites is 1. The lowest BCUT2D eigenvalue weighted by Crippen LogP contribution is -2.34. The number of nitrogens with one attached hydrogen (secondary N) is 1. The van der Waals surface area contributed by atoms with Gasteiger partial charge in [-0.2, -0.15) is 0 Å². The molecule has 1 aromatic heterocycles. The molecule has 1 N–H and O–H groups in total. The number of nitrogens with zero attached hydrogens (tertiary/aromatic N) is 2. The molecule has 0 unspecified atom stereocenters. The Morgan fingerprint density at radius 3 is 3.04 bits per heavy atom. The lowest BCUT2D eigenvalue weighted by Gasteiger charge is -2.23. The van der Waals surface area contributed by atoms with Crippen LogP contribution in [-0.4, -0.2) is 22.6 Å². The first-order valence-electron chi connectivity index (χ1n) is 8.27. The van der Waals surface area contributed by atoms with E-state index in [1.807, 2.05) is 42.2 Å². The van der Waals surface area contributed by atoms with Crippen molar-refractivity contribution in [2.45, 2.75) is 45.6 Å². The van der Waals surface area contributed by atoms with E-state index >= 15 is 0 Å². The molecule has 2 amide bonds. The summed E-state index contributed by atoms with van der Waals surface area (Å²) in [5.74, 6) is 0.897. The molecule has 0 bridgehead atoms. The van der Waals surface area contributed by atoms with E-state index in [9.17, 15) is 4.79 Å². The first kappa shape index (κ1) is 15.6. The summed E-state index contributed by atoms with van der Waals surface area (Å²) in [6.45, 7) is 4.85. The summed E-state index contributed by atoms with van der Waals surface area (Å²) in [5.41, 5.74) is 2.78. The van der Waals surface area contributed by atoms with Crippen molar-refractivity contribution >= 4 is 11.7 Å². The van der Waals surface area contributed by atoms with Gasteiger partial charge in [-0.05, 0) is 37.8 Å². The van der Waals surface area contributed by atoms with E-state index in [4.69, 9.17) is 4.52 Å². The number of carbonyl (C=O) groups excluding carboxylic acids is 1. The van der Waals surface area contributed by atoms with E-state index in [2.05, 4.69) is 17.4 Å². The molecule has 5 heteroatoms. The monoisotopic (exact) mass is 313 g/mol. The summed E-state index contributed by atoms with van der Waals surface area (Å²) in [4.78, 5) is 14.5. The van der Waals surface area contributed by atoms with Crippen molar-refractivity contribution in [1.29, 1.82) is 0 Å². The van der Waals surface area contributed by atoms with Crippen molar-refractivity contribution in [3.05, 3.63) is 47.3 Å². The minimum absolute atomic E-state index is 0.00775. The number of urea groups is 1. The molecule has 3 rings (SSSR count). The molecule has 1 saturated heterocycles. The van der Waals surface area contributed by atoms with E-state index in [1.165, 1.54) is 0 Å². The minimum atomic E-state index is -0.0677. The van der Waals surface area contributed by atoms with Crippen LogP contribution in [0, 0.1) is 6.92 Å². The quantitative estimate of drug-likeness (QED) is 0.915. The van der Waals surface area contributed by atoms with Gasteiger partial charge in [0.25, 0.3) is 0 Å². The van der Waals surface area contributed by atoms with Crippen LogP contribution in [0.1, 0.15) is 49.2 Å². The standard InChI is InChI=1S/C18H23N3O2/c1-3-7-14-12-16(20-23-14)17-10-6-11-21(17)18(22)19-15-9-5-4-8-13(15)2/h4-5,8-9,12,17H,3,6-7,10-11H2,1-2H3,(H,19,22)/t17-/m0/s1. The molecule has 5 nitrogen and oxygen atoms in total. The van der Waals surface area contributed by atoms with Crippen LogP contribution in [0.5, 0.6) is 0 Å². The molecule has 0 saturated carbocycles. The molecule has 2 aromatic rings. The second kappa shape index (κ2) is 6.86. The fraction of sp³-hybridized carbons (Fsp3) is 0.444. The van der Waals surface area contributed by atoms with Gasteiger partial charge in [0.2, 0.25) is 0 Å². The van der Waals surface area contributed by atoms with Gasteiger partial charge >= 0.3 is 6.03 Å². The van der Waals surface area contributed by atoms with Gasteiger partial charge in [0.15, 0.2) is 0 Å². The average molecular weight is 313 g/mol. The molecule has 1 atom stereocenters. The predicted octanol–water partition coefficient (Wildman–Crippen LogP) is 4.30. The van der Waals surface area contributed by atoms with Gasteiger partial charge in [0.1, 0.15) is 11.5 Å². The van der Waals surface area contributed by atoms with Gasteiger partial charge < -0.3 is 14.7 Å². The molecule has 1 aliphatic heterocycles. The van der Waals surface area contributed by atoms with E-state index < -0.39 is 0 Å². The molecule has 23 heavy (non-hydrogen) atoms. The summed E-state index contributed by atoms with van der Waals surface area (Å²) >= 11 is 0. The summed E-state index contributed by atoms with van der Waals surface area (Å²) in [7, 11) is 0. The molecule has 0 aliphatic carbocycles. The number of anilines is 1. The zero-order valence-electron chi connectivity index (χ0n) is 13.7. The van der Waals surface area contributed by atoms with Crippen molar-refractivity contribution in [2.24, 2.45) is 0 Å². The first-order valence-corrected chi connectivity index (χ1v) is 8.27. The number of amides is 2. The SMILES string of the molecule is CCCc1cc([C@@H]2CCCN2C(=O)Nc2ccccc2C)no1. The second-order valence-electron chi connectivity index (χ2n) is 6.06. The highest BCUT2D eigenvalue weighted by atomic mass is 16.5. The van der Waals surface area contributed by atoms with Crippen LogP contribution in [0.15, 0.2) is 34.9 Å². The molecule has 2 heterocycles. The lowest BCUT2D eigenvalue weighted by atomic mass is 10.1. The summed E-state index contributed by atoms with van der Waals surface area (Å²) in [6, 6.07) is 9.75. The third-order valence-electron chi connectivity index (χ3n) is 4.32. The maximum absolute atomic E-state index is 12.6. The smallest absolute Gasteiger partial charge is 0.322 e. The first-order chi connectivity index (χ1) is 11.2. The Balaban J connectivity index is 1.73. The van der Waals surface area contributed by atoms with Crippen LogP contribution in [0.3, 0.4) is 0 Å². The third kappa shape index (κ3) is 3.38. The Morgan fingerprint density at radius 1 is 1.43 bits per heavy atom. The van der Waals surface area contributed by atoms with E-state index in [0.717, 1.165) is 54.9 Å². The van der Waals surface area contributed by atoms with Crippen LogP contribution < -0.4 is 5.32 Å². The van der Waals surface area contributed by atoms with E-state index in [1.54, 1.807) is 0 Å². The molecule has 1 aromatic carbocycles. The molecule has 122 valence electrons. The third-order valence-corrected chi connectivity index (χ3v) is 4.32. The van der Waals surface area contributed by atoms with Crippen LogP contribution in [0.25, 0.3) is 0 Å². The van der Waals surface area contributed by atoms with Crippen LogP contribution in [-0.2, 0) is 6.42 Å². The highest BCUT2D eigenvalue weighted by Gasteiger charge is 2.32. The Morgan fingerprint density at radius 2 is 2.26 bits per heavy atom. The van der Waals surface area contributed by atoms with Gasteiger partial charge in [-0.25, -0.2) is 4.79 Å². The van der Waals surface area contributed by atoms with Crippen molar-refractivity contribution in [1.82, 2.24) is 10.1 Å². The van der Waals surface area contributed by atoms with Gasteiger partial charge in [0, 0.05) is 24.7 Å². The number of likely N-dealkylation sites (tertiary alicyclic amines) is 1. The summed E-state index contributed by atoms with van der Waals surface area (Å²) in [5, 5.41) is 7.19. The van der Waals surface area contributed by atoms with Crippen molar-refractivity contribution in [2.75, 3.05) is 11.9 Å². The molecular weight excluding hydrogens is 290 g/mol. The average Bonchev–Trinajstić information content (AvgIpc) is 3.18. The number of carbonyl (C=O) groups is 1. The number of hydrogen-bond donors (Lipinski definition) is 1. The fourth-order valence-corrected chi connectivity index (χ4v) is 3.07. The normalized spacial score (nSPS) is 17.5. The summed E-state index contributed by atoms with van der Waals surface area (Å²) < 4.78 is 5.37. The maximum atomic E-state index is 12.6. The number of benzene rings is 1. The molecule has 0 spiro atoms. The van der Waals surface area contributed by atoms with Crippen molar-refractivity contribution < 1.29 is 9.32 Å². The van der Waals surface area contributed by atoms with Crippen LogP contribution in [0.4, 0.5) is 10.5 Å². The van der Waals surface area contributed by atoms with Crippen LogP contribution >= 0.6 is 0 Å². The zero-order chi connectivity index (χ0) is 16.2. The summed E-state index contributed by atoms with van der Waals surface area (Å²) in [6.07, 6.45) is 3.83. The largest absolute Gasteiger partial charge is 0.361 e. The van der Waals surface area contributed by atoms with Crippen molar-refractivity contribution in [3.63, 3.8) is 0 Å². The Kier molecular flexibility index (Phi) is 4.65. The number of hydrogen-bond acceptors (Lipinski definition) is 3. The van der Waals surface area contributed by atoms with E-state index in [-0.39, 0.29) is 12.1 Å². The zero-order valence-corrected chi connectivity index (χ0v) is 13.7. The fourth-order valence-electron chi connectivity index (χ4n) is 3.07.